The minimum atomic E-state index is -0.0236. The Bertz CT molecular complexity index is 393. The first kappa shape index (κ1) is 13.2. The van der Waals surface area contributed by atoms with E-state index in [1.807, 2.05) is 18.2 Å². The highest BCUT2D eigenvalue weighted by molar-refractivity contribution is 5.44. The fourth-order valence-corrected chi connectivity index (χ4v) is 1.89. The Kier molecular flexibility index (Phi) is 4.44. The van der Waals surface area contributed by atoms with Gasteiger partial charge in [-0.25, -0.2) is 0 Å². The van der Waals surface area contributed by atoms with Crippen LogP contribution in [0.4, 0.5) is 0 Å². The van der Waals surface area contributed by atoms with Crippen molar-refractivity contribution in [2.75, 3.05) is 19.8 Å². The quantitative estimate of drug-likeness (QED) is 0.856. The molecule has 1 aliphatic rings. The van der Waals surface area contributed by atoms with Crippen molar-refractivity contribution in [2.24, 2.45) is 5.73 Å². The Morgan fingerprint density at radius 3 is 2.67 bits per heavy atom. The number of fused-ring (bicyclic) bond motifs is 1. The van der Waals surface area contributed by atoms with E-state index in [2.05, 4.69) is 19.2 Å². The third-order valence-electron chi connectivity index (χ3n) is 2.95. The number of hydrogen-bond donors (Lipinski definition) is 2. The Balaban J connectivity index is 2.07. The van der Waals surface area contributed by atoms with Crippen LogP contribution in [0, 0.1) is 0 Å². The van der Waals surface area contributed by atoms with Crippen molar-refractivity contribution in [3.05, 3.63) is 23.8 Å². The second-order valence-corrected chi connectivity index (χ2v) is 4.93. The molecule has 18 heavy (non-hydrogen) atoms. The summed E-state index contributed by atoms with van der Waals surface area (Å²) < 4.78 is 11.3. The van der Waals surface area contributed by atoms with E-state index < -0.39 is 0 Å². The first-order valence-electron chi connectivity index (χ1n) is 6.55. The van der Waals surface area contributed by atoms with E-state index in [0.29, 0.717) is 19.3 Å². The molecule has 0 radical (unpaired) electrons. The van der Waals surface area contributed by atoms with E-state index in [1.54, 1.807) is 0 Å². The maximum atomic E-state index is 6.16. The second kappa shape index (κ2) is 6.07. The van der Waals surface area contributed by atoms with Gasteiger partial charge in [-0.05, 0) is 17.7 Å². The molecule has 4 heteroatoms. The molecule has 1 aliphatic heterocycles. The van der Waals surface area contributed by atoms with Crippen LogP contribution in [0.3, 0.4) is 0 Å². The van der Waals surface area contributed by atoms with E-state index in [9.17, 15) is 0 Å². The molecule has 1 heterocycles. The molecule has 4 nitrogen and oxygen atoms in total. The monoisotopic (exact) mass is 250 g/mol. The summed E-state index contributed by atoms with van der Waals surface area (Å²) in [6.07, 6.45) is 0.922. The molecule has 0 aliphatic carbocycles. The molecule has 0 fully saturated rings. The van der Waals surface area contributed by atoms with Gasteiger partial charge in [-0.2, -0.15) is 0 Å². The van der Waals surface area contributed by atoms with Gasteiger partial charge in [0.15, 0.2) is 11.5 Å². The molecule has 0 amide bonds. The van der Waals surface area contributed by atoms with Gasteiger partial charge in [-0.15, -0.1) is 0 Å². The lowest BCUT2D eigenvalue weighted by atomic mass is 10.1. The third-order valence-corrected chi connectivity index (χ3v) is 2.95. The zero-order valence-corrected chi connectivity index (χ0v) is 11.1. The minimum Gasteiger partial charge on any atom is -0.490 e. The fraction of sp³-hybridized carbons (Fsp3) is 0.571. The average molecular weight is 250 g/mol. The van der Waals surface area contributed by atoms with Gasteiger partial charge < -0.3 is 20.5 Å². The SMILES string of the molecule is CC(C)NCC(N)c1ccc2c(c1)OCCCO2. The highest BCUT2D eigenvalue weighted by atomic mass is 16.5. The van der Waals surface area contributed by atoms with Crippen molar-refractivity contribution < 1.29 is 9.47 Å². The summed E-state index contributed by atoms with van der Waals surface area (Å²) >= 11 is 0. The molecule has 0 saturated carbocycles. The number of benzene rings is 1. The van der Waals surface area contributed by atoms with Crippen molar-refractivity contribution in [3.8, 4) is 11.5 Å². The number of hydrogen-bond acceptors (Lipinski definition) is 4. The molecule has 3 N–H and O–H groups in total. The van der Waals surface area contributed by atoms with Gasteiger partial charge in [-0.1, -0.05) is 19.9 Å². The molecule has 100 valence electrons. The highest BCUT2D eigenvalue weighted by Gasteiger charge is 2.13. The second-order valence-electron chi connectivity index (χ2n) is 4.93. The van der Waals surface area contributed by atoms with Crippen molar-refractivity contribution in [2.45, 2.75) is 32.4 Å². The summed E-state index contributed by atoms with van der Waals surface area (Å²) in [4.78, 5) is 0. The Morgan fingerprint density at radius 2 is 1.94 bits per heavy atom. The zero-order chi connectivity index (χ0) is 13.0. The summed E-state index contributed by atoms with van der Waals surface area (Å²) in [5, 5.41) is 3.34. The molecule has 1 aromatic rings. The maximum Gasteiger partial charge on any atom is 0.161 e. The van der Waals surface area contributed by atoms with Gasteiger partial charge in [0, 0.05) is 25.0 Å². The molecule has 2 rings (SSSR count). The first-order chi connectivity index (χ1) is 8.66. The smallest absolute Gasteiger partial charge is 0.161 e. The van der Waals surface area contributed by atoms with Crippen molar-refractivity contribution >= 4 is 0 Å². The van der Waals surface area contributed by atoms with Crippen molar-refractivity contribution in [1.82, 2.24) is 5.32 Å². The minimum absolute atomic E-state index is 0.0236. The lowest BCUT2D eigenvalue weighted by Gasteiger charge is -2.17. The fourth-order valence-electron chi connectivity index (χ4n) is 1.89. The van der Waals surface area contributed by atoms with E-state index >= 15 is 0 Å². The molecule has 1 aromatic carbocycles. The van der Waals surface area contributed by atoms with Crippen LogP contribution in [0.15, 0.2) is 18.2 Å². The van der Waals surface area contributed by atoms with Crippen molar-refractivity contribution in [1.29, 1.82) is 0 Å². The number of rotatable bonds is 4. The molecular weight excluding hydrogens is 228 g/mol. The molecule has 1 atom stereocenters. The van der Waals surface area contributed by atoms with E-state index in [0.717, 1.165) is 30.0 Å². The van der Waals surface area contributed by atoms with Crippen LogP contribution in [0.5, 0.6) is 11.5 Å². The summed E-state index contributed by atoms with van der Waals surface area (Å²) in [7, 11) is 0. The Labute approximate surface area is 108 Å². The first-order valence-corrected chi connectivity index (χ1v) is 6.55. The molecule has 1 unspecified atom stereocenters. The zero-order valence-electron chi connectivity index (χ0n) is 11.1. The van der Waals surface area contributed by atoms with Crippen LogP contribution in [-0.2, 0) is 0 Å². The van der Waals surface area contributed by atoms with Gasteiger partial charge in [0.2, 0.25) is 0 Å². The Hall–Kier alpha value is -1.26. The molecule has 0 spiro atoms. The molecule has 0 saturated heterocycles. The summed E-state index contributed by atoms with van der Waals surface area (Å²) in [5.41, 5.74) is 7.23. The topological polar surface area (TPSA) is 56.5 Å². The van der Waals surface area contributed by atoms with Crippen LogP contribution in [-0.4, -0.2) is 25.8 Å². The molecular formula is C14H22N2O2. The third kappa shape index (κ3) is 3.37. The predicted octanol–water partition coefficient (Wildman–Crippen LogP) is 1.85. The van der Waals surface area contributed by atoms with Crippen LogP contribution in [0.1, 0.15) is 31.9 Å². The highest BCUT2D eigenvalue weighted by Crippen LogP contribution is 2.31. The van der Waals surface area contributed by atoms with Crippen LogP contribution in [0.25, 0.3) is 0 Å². The van der Waals surface area contributed by atoms with Gasteiger partial charge in [0.05, 0.1) is 13.2 Å². The average Bonchev–Trinajstić information content (AvgIpc) is 2.60. The summed E-state index contributed by atoms with van der Waals surface area (Å²) in [5.74, 6) is 1.63. The maximum absolute atomic E-state index is 6.16. The normalized spacial score (nSPS) is 16.4. The number of nitrogens with one attached hydrogen (secondary N) is 1. The van der Waals surface area contributed by atoms with Crippen LogP contribution >= 0.6 is 0 Å². The summed E-state index contributed by atoms with van der Waals surface area (Å²) in [6, 6.07) is 6.37. The largest absolute Gasteiger partial charge is 0.490 e. The van der Waals surface area contributed by atoms with Gasteiger partial charge in [-0.3, -0.25) is 0 Å². The van der Waals surface area contributed by atoms with Crippen LogP contribution in [0.2, 0.25) is 0 Å². The van der Waals surface area contributed by atoms with E-state index in [4.69, 9.17) is 15.2 Å². The van der Waals surface area contributed by atoms with Gasteiger partial charge in [0.1, 0.15) is 0 Å². The van der Waals surface area contributed by atoms with Crippen molar-refractivity contribution in [3.63, 3.8) is 0 Å². The number of nitrogens with two attached hydrogens (primary N) is 1. The predicted molar refractivity (Wildman–Crippen MR) is 72.1 cm³/mol. The Morgan fingerprint density at radius 1 is 1.22 bits per heavy atom. The standard InChI is InChI=1S/C14H22N2O2/c1-10(2)16-9-12(15)11-4-5-13-14(8-11)18-7-3-6-17-13/h4-5,8,10,12,16H,3,6-7,9,15H2,1-2H3. The van der Waals surface area contributed by atoms with E-state index in [1.165, 1.54) is 0 Å². The molecule has 0 bridgehead atoms. The lowest BCUT2D eigenvalue weighted by molar-refractivity contribution is 0.297. The number of ether oxygens (including phenoxy) is 2. The van der Waals surface area contributed by atoms with E-state index in [-0.39, 0.29) is 6.04 Å². The molecule has 0 aromatic heterocycles. The summed E-state index contributed by atoms with van der Waals surface area (Å²) in [6.45, 7) is 6.40. The lowest BCUT2D eigenvalue weighted by Crippen LogP contribution is -2.31. The van der Waals surface area contributed by atoms with Gasteiger partial charge in [0.25, 0.3) is 0 Å². The van der Waals surface area contributed by atoms with Gasteiger partial charge >= 0.3 is 0 Å². The van der Waals surface area contributed by atoms with Crippen LogP contribution < -0.4 is 20.5 Å².